The Bertz CT molecular complexity index is 380. The van der Waals surface area contributed by atoms with Crippen LogP contribution in [0.2, 0.25) is 0 Å². The summed E-state index contributed by atoms with van der Waals surface area (Å²) in [5, 5.41) is 6.34. The molecule has 0 N–H and O–H groups in total. The zero-order chi connectivity index (χ0) is 9.26. The van der Waals surface area contributed by atoms with Gasteiger partial charge in [0, 0.05) is 5.38 Å². The molecule has 0 aliphatic carbocycles. The van der Waals surface area contributed by atoms with Crippen molar-refractivity contribution in [1.82, 2.24) is 15.1 Å². The van der Waals surface area contributed by atoms with E-state index in [4.69, 9.17) is 4.52 Å². The first kappa shape index (κ1) is 8.37. The third-order valence-corrected chi connectivity index (χ3v) is 2.51. The lowest BCUT2D eigenvalue weighted by atomic mass is 10.2. The number of aromatic nitrogens is 3. The molecule has 0 spiro atoms. The van der Waals surface area contributed by atoms with Gasteiger partial charge >= 0.3 is 0 Å². The Morgan fingerprint density at radius 3 is 2.85 bits per heavy atom. The molecular weight excluding hydrogens is 186 g/mol. The van der Waals surface area contributed by atoms with E-state index in [9.17, 15) is 0 Å². The third-order valence-electron chi connectivity index (χ3n) is 1.66. The van der Waals surface area contributed by atoms with Crippen LogP contribution in [0.15, 0.2) is 16.2 Å². The monoisotopic (exact) mass is 195 g/mol. The molecule has 0 aromatic carbocycles. The Morgan fingerprint density at radius 2 is 2.31 bits per heavy atom. The van der Waals surface area contributed by atoms with E-state index < -0.39 is 0 Å². The van der Waals surface area contributed by atoms with E-state index in [2.05, 4.69) is 29.0 Å². The minimum absolute atomic E-state index is 0.438. The molecule has 5 heteroatoms. The Balaban J connectivity index is 2.33. The Morgan fingerprint density at radius 1 is 1.46 bits per heavy atom. The molecule has 0 radical (unpaired) electrons. The SMILES string of the molecule is CC(C)c1csc(-c2ncno2)n1. The predicted octanol–water partition coefficient (Wildman–Crippen LogP) is 2.32. The molecule has 0 atom stereocenters. The first-order valence-corrected chi connectivity index (χ1v) is 4.88. The van der Waals surface area contributed by atoms with E-state index in [0.717, 1.165) is 10.7 Å². The van der Waals surface area contributed by atoms with Crippen LogP contribution in [0.4, 0.5) is 0 Å². The van der Waals surface area contributed by atoms with E-state index in [1.54, 1.807) is 0 Å². The van der Waals surface area contributed by atoms with Crippen LogP contribution in [0.25, 0.3) is 10.9 Å². The molecule has 2 aromatic heterocycles. The zero-order valence-corrected chi connectivity index (χ0v) is 8.21. The molecule has 0 aliphatic rings. The van der Waals surface area contributed by atoms with Crippen molar-refractivity contribution in [2.75, 3.05) is 0 Å². The molecule has 0 amide bonds. The lowest BCUT2D eigenvalue weighted by molar-refractivity contribution is 0.429. The normalized spacial score (nSPS) is 11.0. The van der Waals surface area contributed by atoms with Gasteiger partial charge in [-0.2, -0.15) is 4.98 Å². The molecule has 2 aromatic rings. The lowest BCUT2D eigenvalue weighted by Crippen LogP contribution is -1.86. The topological polar surface area (TPSA) is 51.8 Å². The van der Waals surface area contributed by atoms with Crippen LogP contribution < -0.4 is 0 Å². The van der Waals surface area contributed by atoms with Gasteiger partial charge in [0.1, 0.15) is 0 Å². The van der Waals surface area contributed by atoms with Crippen LogP contribution in [0.1, 0.15) is 25.5 Å². The fraction of sp³-hybridized carbons (Fsp3) is 0.375. The van der Waals surface area contributed by atoms with Crippen molar-refractivity contribution in [3.8, 4) is 10.9 Å². The second-order valence-electron chi connectivity index (χ2n) is 2.98. The van der Waals surface area contributed by atoms with Crippen molar-refractivity contribution < 1.29 is 4.52 Å². The van der Waals surface area contributed by atoms with E-state index >= 15 is 0 Å². The maximum absolute atomic E-state index is 4.90. The largest absolute Gasteiger partial charge is 0.332 e. The first-order chi connectivity index (χ1) is 6.27. The van der Waals surface area contributed by atoms with Crippen LogP contribution in [0.5, 0.6) is 0 Å². The highest BCUT2D eigenvalue weighted by Crippen LogP contribution is 2.24. The summed E-state index contributed by atoms with van der Waals surface area (Å²) < 4.78 is 4.90. The van der Waals surface area contributed by atoms with Gasteiger partial charge in [-0.15, -0.1) is 11.3 Å². The Kier molecular flexibility index (Phi) is 2.10. The number of nitrogens with zero attached hydrogens (tertiary/aromatic N) is 3. The summed E-state index contributed by atoms with van der Waals surface area (Å²) in [6.45, 7) is 4.21. The predicted molar refractivity (Wildman–Crippen MR) is 49.5 cm³/mol. The quantitative estimate of drug-likeness (QED) is 0.737. The molecule has 0 fully saturated rings. The van der Waals surface area contributed by atoms with Crippen LogP contribution in [-0.2, 0) is 0 Å². The maximum atomic E-state index is 4.90. The van der Waals surface area contributed by atoms with Gasteiger partial charge in [0.25, 0.3) is 5.89 Å². The molecule has 0 aliphatic heterocycles. The maximum Gasteiger partial charge on any atom is 0.286 e. The van der Waals surface area contributed by atoms with Gasteiger partial charge < -0.3 is 4.52 Å². The minimum Gasteiger partial charge on any atom is -0.332 e. The molecule has 2 rings (SSSR count). The van der Waals surface area contributed by atoms with Crippen molar-refractivity contribution in [3.63, 3.8) is 0 Å². The summed E-state index contributed by atoms with van der Waals surface area (Å²) in [5.41, 5.74) is 1.07. The van der Waals surface area contributed by atoms with Crippen LogP contribution in [0.3, 0.4) is 0 Å². The molecule has 68 valence electrons. The van der Waals surface area contributed by atoms with Crippen molar-refractivity contribution in [2.45, 2.75) is 19.8 Å². The molecular formula is C8H9N3OS. The fourth-order valence-electron chi connectivity index (χ4n) is 0.917. The highest BCUT2D eigenvalue weighted by molar-refractivity contribution is 7.13. The van der Waals surface area contributed by atoms with E-state index in [0.29, 0.717) is 11.8 Å². The summed E-state index contributed by atoms with van der Waals surface area (Å²) >= 11 is 1.53. The van der Waals surface area contributed by atoms with Gasteiger partial charge in [-0.1, -0.05) is 19.0 Å². The van der Waals surface area contributed by atoms with Crippen LogP contribution in [0, 0.1) is 0 Å². The molecule has 2 heterocycles. The van der Waals surface area contributed by atoms with Crippen molar-refractivity contribution in [3.05, 3.63) is 17.4 Å². The smallest absolute Gasteiger partial charge is 0.286 e. The average Bonchev–Trinajstić information content (AvgIpc) is 2.75. The standard InChI is InChI=1S/C8H9N3OS/c1-5(2)6-3-13-8(11-6)7-9-4-10-12-7/h3-5H,1-2H3. The van der Waals surface area contributed by atoms with Crippen LogP contribution >= 0.6 is 11.3 Å². The van der Waals surface area contributed by atoms with E-state index in [-0.39, 0.29) is 0 Å². The molecule has 0 bridgehead atoms. The molecule has 4 nitrogen and oxygen atoms in total. The summed E-state index contributed by atoms with van der Waals surface area (Å²) in [4.78, 5) is 8.30. The number of thiazole rings is 1. The van der Waals surface area contributed by atoms with Crippen molar-refractivity contribution in [2.24, 2.45) is 0 Å². The molecule has 0 unspecified atom stereocenters. The highest BCUT2D eigenvalue weighted by Gasteiger charge is 2.10. The van der Waals surface area contributed by atoms with Crippen LogP contribution in [-0.4, -0.2) is 15.1 Å². The summed E-state index contributed by atoms with van der Waals surface area (Å²) in [6.07, 6.45) is 1.38. The Hall–Kier alpha value is -1.23. The average molecular weight is 195 g/mol. The second-order valence-corrected chi connectivity index (χ2v) is 3.84. The zero-order valence-electron chi connectivity index (χ0n) is 7.39. The van der Waals surface area contributed by atoms with Gasteiger partial charge in [0.2, 0.25) is 0 Å². The van der Waals surface area contributed by atoms with Gasteiger partial charge in [-0.25, -0.2) is 4.98 Å². The van der Waals surface area contributed by atoms with Gasteiger partial charge in [-0.05, 0) is 5.92 Å². The molecule has 0 saturated heterocycles. The minimum atomic E-state index is 0.438. The third kappa shape index (κ3) is 1.60. The van der Waals surface area contributed by atoms with E-state index in [1.807, 2.05) is 5.38 Å². The van der Waals surface area contributed by atoms with Gasteiger partial charge in [0.15, 0.2) is 11.3 Å². The lowest BCUT2D eigenvalue weighted by Gasteiger charge is -1.95. The number of rotatable bonds is 2. The highest BCUT2D eigenvalue weighted by atomic mass is 32.1. The number of hydrogen-bond acceptors (Lipinski definition) is 5. The van der Waals surface area contributed by atoms with Crippen molar-refractivity contribution in [1.29, 1.82) is 0 Å². The molecule has 13 heavy (non-hydrogen) atoms. The first-order valence-electron chi connectivity index (χ1n) is 4.00. The summed E-state index contributed by atoms with van der Waals surface area (Å²) in [5.74, 6) is 0.935. The van der Waals surface area contributed by atoms with Gasteiger partial charge in [0.05, 0.1) is 5.69 Å². The fourth-order valence-corrected chi connectivity index (χ4v) is 1.82. The summed E-state index contributed by atoms with van der Waals surface area (Å²) in [7, 11) is 0. The second kappa shape index (κ2) is 3.26. The number of hydrogen-bond donors (Lipinski definition) is 0. The van der Waals surface area contributed by atoms with E-state index in [1.165, 1.54) is 17.7 Å². The van der Waals surface area contributed by atoms with Gasteiger partial charge in [-0.3, -0.25) is 0 Å². The molecule has 0 saturated carbocycles. The summed E-state index contributed by atoms with van der Waals surface area (Å²) in [6, 6.07) is 0. The van der Waals surface area contributed by atoms with Crippen molar-refractivity contribution >= 4 is 11.3 Å². The Labute approximate surface area is 79.6 Å².